The van der Waals surface area contributed by atoms with Crippen LogP contribution in [-0.4, -0.2) is 13.0 Å². The first-order valence-electron chi connectivity index (χ1n) is 6.06. The number of hydrogen-bond acceptors (Lipinski definition) is 2. The van der Waals surface area contributed by atoms with Crippen LogP contribution in [0.5, 0.6) is 5.75 Å². The molecule has 0 aromatic heterocycles. The topological polar surface area (TPSA) is 38.3 Å². The summed E-state index contributed by atoms with van der Waals surface area (Å²) >= 11 is 0. The maximum atomic E-state index is 11.6. The van der Waals surface area contributed by atoms with Crippen LogP contribution in [0, 0.1) is 12.3 Å². The number of methoxy groups -OCH3 is 1. The van der Waals surface area contributed by atoms with E-state index in [1.807, 2.05) is 30.7 Å². The predicted molar refractivity (Wildman–Crippen MR) is 74.5 cm³/mol. The zero-order valence-corrected chi connectivity index (χ0v) is 11.1. The number of amides is 1. The molecule has 0 saturated heterocycles. The van der Waals surface area contributed by atoms with Gasteiger partial charge in [-0.3, -0.25) is 4.79 Å². The molecular formula is C15H20NO2. The third-order valence-electron chi connectivity index (χ3n) is 2.35. The van der Waals surface area contributed by atoms with E-state index in [1.54, 1.807) is 13.2 Å². The number of allylic oxidation sites excluding steroid dienone is 1. The van der Waals surface area contributed by atoms with E-state index in [0.29, 0.717) is 5.92 Å². The zero-order valence-electron chi connectivity index (χ0n) is 11.1. The van der Waals surface area contributed by atoms with Crippen molar-refractivity contribution in [3.8, 4) is 5.75 Å². The van der Waals surface area contributed by atoms with E-state index in [1.165, 1.54) is 6.08 Å². The summed E-state index contributed by atoms with van der Waals surface area (Å²) in [5, 5.41) is 2.78. The Morgan fingerprint density at radius 2 is 2.00 bits per heavy atom. The fourth-order valence-electron chi connectivity index (χ4n) is 1.36. The predicted octanol–water partition coefficient (Wildman–Crippen LogP) is 3.44. The molecule has 0 spiro atoms. The number of nitrogens with one attached hydrogen (secondary N) is 1. The quantitative estimate of drug-likeness (QED) is 0.781. The lowest BCUT2D eigenvalue weighted by Gasteiger charge is -2.04. The van der Waals surface area contributed by atoms with E-state index in [-0.39, 0.29) is 5.91 Å². The Hall–Kier alpha value is -1.77. The maximum Gasteiger partial charge on any atom is 0.248 e. The molecule has 18 heavy (non-hydrogen) atoms. The van der Waals surface area contributed by atoms with Crippen molar-refractivity contribution in [2.75, 3.05) is 12.4 Å². The van der Waals surface area contributed by atoms with Gasteiger partial charge in [-0.2, -0.15) is 0 Å². The second-order valence-corrected chi connectivity index (χ2v) is 4.44. The molecule has 0 aliphatic heterocycles. The van der Waals surface area contributed by atoms with E-state index >= 15 is 0 Å². The first kappa shape index (κ1) is 14.3. The number of ether oxygens (including phenoxy) is 1. The average Bonchev–Trinajstić information content (AvgIpc) is 2.35. The van der Waals surface area contributed by atoms with Gasteiger partial charge >= 0.3 is 0 Å². The molecule has 3 heteroatoms. The summed E-state index contributed by atoms with van der Waals surface area (Å²) in [5.74, 6) is 1.26. The lowest BCUT2D eigenvalue weighted by molar-refractivity contribution is -0.111. The van der Waals surface area contributed by atoms with Crippen molar-refractivity contribution < 1.29 is 9.53 Å². The fraction of sp³-hybridized carbons (Fsp3) is 0.333. The van der Waals surface area contributed by atoms with Crippen LogP contribution in [0.4, 0.5) is 5.69 Å². The van der Waals surface area contributed by atoms with Crippen molar-refractivity contribution in [3.63, 3.8) is 0 Å². The Balaban J connectivity index is 2.39. The van der Waals surface area contributed by atoms with Crippen molar-refractivity contribution in [2.24, 2.45) is 5.92 Å². The first-order valence-corrected chi connectivity index (χ1v) is 6.06. The van der Waals surface area contributed by atoms with Gasteiger partial charge in [-0.15, -0.1) is 0 Å². The molecule has 0 bridgehead atoms. The molecule has 1 radical (unpaired) electrons. The van der Waals surface area contributed by atoms with E-state index in [9.17, 15) is 4.79 Å². The molecule has 1 N–H and O–H groups in total. The van der Waals surface area contributed by atoms with Gasteiger partial charge in [-0.1, -0.05) is 19.9 Å². The molecular weight excluding hydrogens is 226 g/mol. The third kappa shape index (κ3) is 5.53. The normalized spacial score (nSPS) is 10.9. The molecule has 0 fully saturated rings. The molecule has 1 aromatic rings. The van der Waals surface area contributed by atoms with Crippen LogP contribution in [0.25, 0.3) is 0 Å². The SMILES string of the molecule is COc1ccc(NC(=O)/C=C/[CH]CC(C)C)cc1. The van der Waals surface area contributed by atoms with Crippen molar-refractivity contribution in [2.45, 2.75) is 20.3 Å². The van der Waals surface area contributed by atoms with Gasteiger partial charge in [-0.25, -0.2) is 0 Å². The van der Waals surface area contributed by atoms with Gasteiger partial charge in [-0.05, 0) is 49.1 Å². The highest BCUT2D eigenvalue weighted by Crippen LogP contribution is 2.14. The van der Waals surface area contributed by atoms with Gasteiger partial charge < -0.3 is 10.1 Å². The molecule has 0 aliphatic rings. The minimum absolute atomic E-state index is 0.125. The van der Waals surface area contributed by atoms with Crippen LogP contribution in [0.1, 0.15) is 20.3 Å². The number of benzene rings is 1. The molecule has 97 valence electrons. The standard InChI is InChI=1S/C15H20NO2/c1-12(2)6-4-5-7-15(17)16-13-8-10-14(18-3)11-9-13/h4-5,7-12H,6H2,1-3H3,(H,16,17)/b7-5+. The Labute approximate surface area is 109 Å². The Morgan fingerprint density at radius 3 is 2.56 bits per heavy atom. The average molecular weight is 246 g/mol. The van der Waals surface area contributed by atoms with Crippen LogP contribution in [0.3, 0.4) is 0 Å². The summed E-state index contributed by atoms with van der Waals surface area (Å²) in [6.45, 7) is 4.28. The summed E-state index contributed by atoms with van der Waals surface area (Å²) in [5.41, 5.74) is 0.759. The monoisotopic (exact) mass is 246 g/mol. The minimum Gasteiger partial charge on any atom is -0.497 e. The van der Waals surface area contributed by atoms with E-state index in [0.717, 1.165) is 17.9 Å². The zero-order chi connectivity index (χ0) is 13.4. The van der Waals surface area contributed by atoms with E-state index in [4.69, 9.17) is 4.74 Å². The number of carbonyl (C=O) groups is 1. The van der Waals surface area contributed by atoms with Gasteiger partial charge in [0.05, 0.1) is 7.11 Å². The lowest BCUT2D eigenvalue weighted by atomic mass is 10.1. The Bertz CT molecular complexity index is 393. The number of hydrogen-bond donors (Lipinski definition) is 1. The molecule has 1 aromatic carbocycles. The second-order valence-electron chi connectivity index (χ2n) is 4.44. The van der Waals surface area contributed by atoms with Crippen LogP contribution >= 0.6 is 0 Å². The van der Waals surface area contributed by atoms with Crippen LogP contribution in [-0.2, 0) is 4.79 Å². The molecule has 0 heterocycles. The summed E-state index contributed by atoms with van der Waals surface area (Å²) in [7, 11) is 1.61. The highest BCUT2D eigenvalue weighted by Gasteiger charge is 1.98. The molecule has 0 saturated carbocycles. The summed E-state index contributed by atoms with van der Waals surface area (Å²) in [6.07, 6.45) is 6.30. The van der Waals surface area contributed by atoms with Crippen molar-refractivity contribution in [1.29, 1.82) is 0 Å². The third-order valence-corrected chi connectivity index (χ3v) is 2.35. The molecule has 0 unspecified atom stereocenters. The minimum atomic E-state index is -0.125. The van der Waals surface area contributed by atoms with Crippen molar-refractivity contribution in [1.82, 2.24) is 0 Å². The first-order chi connectivity index (χ1) is 8.61. The smallest absolute Gasteiger partial charge is 0.248 e. The highest BCUT2D eigenvalue weighted by atomic mass is 16.5. The van der Waals surface area contributed by atoms with Crippen LogP contribution in [0.2, 0.25) is 0 Å². The van der Waals surface area contributed by atoms with Crippen molar-refractivity contribution >= 4 is 11.6 Å². The second kappa shape index (κ2) is 7.54. The number of rotatable bonds is 6. The van der Waals surface area contributed by atoms with E-state index in [2.05, 4.69) is 19.2 Å². The summed E-state index contributed by atoms with van der Waals surface area (Å²) in [4.78, 5) is 11.6. The van der Waals surface area contributed by atoms with Gasteiger partial charge in [0, 0.05) is 5.69 Å². The molecule has 1 rings (SSSR count). The largest absolute Gasteiger partial charge is 0.497 e. The van der Waals surface area contributed by atoms with Crippen LogP contribution in [0.15, 0.2) is 36.4 Å². The van der Waals surface area contributed by atoms with Crippen LogP contribution < -0.4 is 10.1 Å². The Morgan fingerprint density at radius 1 is 1.33 bits per heavy atom. The summed E-state index contributed by atoms with van der Waals surface area (Å²) in [6, 6.07) is 7.24. The Kier molecular flexibility index (Phi) is 5.98. The fourth-order valence-corrected chi connectivity index (χ4v) is 1.36. The van der Waals surface area contributed by atoms with Gasteiger partial charge in [0.2, 0.25) is 5.91 Å². The summed E-state index contributed by atoms with van der Waals surface area (Å²) < 4.78 is 5.04. The van der Waals surface area contributed by atoms with Crippen molar-refractivity contribution in [3.05, 3.63) is 42.8 Å². The lowest BCUT2D eigenvalue weighted by Crippen LogP contribution is -2.07. The van der Waals surface area contributed by atoms with Gasteiger partial charge in [0.1, 0.15) is 5.75 Å². The van der Waals surface area contributed by atoms with Gasteiger partial charge in [0.25, 0.3) is 0 Å². The molecule has 3 nitrogen and oxygen atoms in total. The molecule has 0 aliphatic carbocycles. The highest BCUT2D eigenvalue weighted by molar-refractivity contribution is 5.99. The molecule has 1 amide bonds. The van der Waals surface area contributed by atoms with E-state index < -0.39 is 0 Å². The number of carbonyl (C=O) groups excluding carboxylic acids is 1. The molecule has 0 atom stereocenters. The number of anilines is 1. The maximum absolute atomic E-state index is 11.6. The van der Waals surface area contributed by atoms with Gasteiger partial charge in [0.15, 0.2) is 0 Å².